The van der Waals surface area contributed by atoms with Crippen LogP contribution >= 0.6 is 22.9 Å². The summed E-state index contributed by atoms with van der Waals surface area (Å²) in [5, 5.41) is 18.0. The van der Waals surface area contributed by atoms with Gasteiger partial charge in [-0.2, -0.15) is 0 Å². The molecule has 2 aromatic heterocycles. The van der Waals surface area contributed by atoms with Gasteiger partial charge in [0.25, 0.3) is 0 Å². The lowest BCUT2D eigenvalue weighted by Gasteiger charge is -2.17. The molecule has 2 rings (SSSR count). The van der Waals surface area contributed by atoms with Crippen molar-refractivity contribution in [2.75, 3.05) is 0 Å². The zero-order chi connectivity index (χ0) is 15.9. The van der Waals surface area contributed by atoms with E-state index in [9.17, 15) is 9.90 Å². The number of aliphatic hydroxyl groups excluding tert-OH is 1. The molecule has 0 spiro atoms. The summed E-state index contributed by atoms with van der Waals surface area (Å²) >= 11 is 7.25. The van der Waals surface area contributed by atoms with Crippen molar-refractivity contribution in [1.29, 1.82) is 0 Å². The Bertz CT molecular complexity index is 589. The van der Waals surface area contributed by atoms with E-state index in [0.717, 1.165) is 10.6 Å². The molecule has 22 heavy (non-hydrogen) atoms. The average molecular weight is 340 g/mol. The number of thiophene rings is 1. The number of hydrogen-bond donors (Lipinski definition) is 3. The van der Waals surface area contributed by atoms with Gasteiger partial charge < -0.3 is 15.7 Å². The maximum absolute atomic E-state index is 11.8. The van der Waals surface area contributed by atoms with Crippen molar-refractivity contribution in [2.45, 2.75) is 32.0 Å². The Labute approximate surface area is 138 Å². The number of urea groups is 1. The van der Waals surface area contributed by atoms with Gasteiger partial charge in [0.1, 0.15) is 0 Å². The van der Waals surface area contributed by atoms with Crippen LogP contribution in [0.25, 0.3) is 0 Å². The molecule has 0 saturated heterocycles. The zero-order valence-corrected chi connectivity index (χ0v) is 13.7. The minimum atomic E-state index is -0.562. The van der Waals surface area contributed by atoms with E-state index in [4.69, 9.17) is 11.6 Å². The number of carbonyl (C=O) groups excluding carboxylic acids is 1. The van der Waals surface area contributed by atoms with Crippen molar-refractivity contribution < 1.29 is 9.90 Å². The van der Waals surface area contributed by atoms with Gasteiger partial charge in [0.05, 0.1) is 23.4 Å². The molecule has 2 unspecified atom stereocenters. The second-order valence-corrected chi connectivity index (χ2v) is 6.38. The number of nitrogens with zero attached hydrogens (tertiary/aromatic N) is 1. The lowest BCUT2D eigenvalue weighted by atomic mass is 10.1. The molecule has 0 radical (unpaired) electrons. The van der Waals surface area contributed by atoms with E-state index >= 15 is 0 Å². The number of halogens is 1. The number of aliphatic hydroxyl groups is 1. The van der Waals surface area contributed by atoms with Crippen LogP contribution in [0.4, 0.5) is 4.79 Å². The topological polar surface area (TPSA) is 74.2 Å². The Hall–Kier alpha value is -1.63. The summed E-state index contributed by atoms with van der Waals surface area (Å²) in [4.78, 5) is 16.8. The Morgan fingerprint density at radius 2 is 2.27 bits per heavy atom. The number of rotatable bonds is 6. The van der Waals surface area contributed by atoms with Crippen molar-refractivity contribution in [3.63, 3.8) is 0 Å². The minimum Gasteiger partial charge on any atom is -0.387 e. The van der Waals surface area contributed by atoms with E-state index in [-0.39, 0.29) is 12.1 Å². The largest absolute Gasteiger partial charge is 0.387 e. The molecule has 0 bridgehead atoms. The molecule has 2 aromatic rings. The van der Waals surface area contributed by atoms with E-state index in [1.807, 2.05) is 24.4 Å². The molecule has 0 aliphatic heterocycles. The van der Waals surface area contributed by atoms with Gasteiger partial charge in [-0.05, 0) is 36.9 Å². The van der Waals surface area contributed by atoms with Crippen LogP contribution in [-0.4, -0.2) is 22.2 Å². The second kappa shape index (κ2) is 8.12. The average Bonchev–Trinajstić information content (AvgIpc) is 3.01. The molecule has 2 heterocycles. The second-order valence-electron chi connectivity index (χ2n) is 4.96. The van der Waals surface area contributed by atoms with E-state index < -0.39 is 6.10 Å². The van der Waals surface area contributed by atoms with Gasteiger partial charge in [0, 0.05) is 17.1 Å². The first-order chi connectivity index (χ1) is 10.5. The summed E-state index contributed by atoms with van der Waals surface area (Å²) in [7, 11) is 0. The third-order valence-corrected chi connectivity index (χ3v) is 4.24. The van der Waals surface area contributed by atoms with Gasteiger partial charge in [-0.3, -0.25) is 4.98 Å². The molecule has 0 saturated carbocycles. The molecule has 2 amide bonds. The lowest BCUT2D eigenvalue weighted by molar-refractivity contribution is 0.158. The van der Waals surface area contributed by atoms with Crippen LogP contribution in [0.3, 0.4) is 0 Å². The number of aromatic nitrogens is 1. The molecule has 7 heteroatoms. The maximum Gasteiger partial charge on any atom is 0.315 e. The number of amides is 2. The third-order valence-electron chi connectivity index (χ3n) is 3.04. The number of pyridine rings is 1. The van der Waals surface area contributed by atoms with E-state index in [1.54, 1.807) is 12.1 Å². The summed E-state index contributed by atoms with van der Waals surface area (Å²) in [5.41, 5.74) is 0.728. The van der Waals surface area contributed by atoms with Gasteiger partial charge in [0.15, 0.2) is 0 Å². The SMILES string of the molecule is CC(CC(O)c1cccs1)NC(=O)NCc1ccc(Cl)cn1. The molecule has 0 aromatic carbocycles. The Morgan fingerprint density at radius 1 is 1.45 bits per heavy atom. The highest BCUT2D eigenvalue weighted by molar-refractivity contribution is 7.10. The normalized spacial score (nSPS) is 13.4. The Balaban J connectivity index is 1.73. The highest BCUT2D eigenvalue weighted by atomic mass is 35.5. The van der Waals surface area contributed by atoms with E-state index in [2.05, 4.69) is 15.6 Å². The highest BCUT2D eigenvalue weighted by Gasteiger charge is 2.15. The summed E-state index contributed by atoms with van der Waals surface area (Å²) in [6.07, 6.45) is 1.44. The molecule has 0 aliphatic carbocycles. The molecule has 3 N–H and O–H groups in total. The molecule has 0 fully saturated rings. The molecule has 2 atom stereocenters. The number of hydrogen-bond acceptors (Lipinski definition) is 4. The fourth-order valence-electron chi connectivity index (χ4n) is 1.95. The van der Waals surface area contributed by atoms with Crippen molar-refractivity contribution in [3.8, 4) is 0 Å². The van der Waals surface area contributed by atoms with Gasteiger partial charge >= 0.3 is 6.03 Å². The summed E-state index contributed by atoms with van der Waals surface area (Å²) in [5.74, 6) is 0. The molecular weight excluding hydrogens is 322 g/mol. The van der Waals surface area contributed by atoms with Crippen molar-refractivity contribution in [2.24, 2.45) is 0 Å². The molecular formula is C15H18ClN3O2S. The summed E-state index contributed by atoms with van der Waals surface area (Å²) in [6, 6.07) is 6.83. The molecule has 5 nitrogen and oxygen atoms in total. The zero-order valence-electron chi connectivity index (χ0n) is 12.1. The van der Waals surface area contributed by atoms with Crippen molar-refractivity contribution >= 4 is 29.0 Å². The van der Waals surface area contributed by atoms with Crippen LogP contribution in [0.5, 0.6) is 0 Å². The first-order valence-corrected chi connectivity index (χ1v) is 8.16. The fourth-order valence-corrected chi connectivity index (χ4v) is 2.78. The van der Waals surface area contributed by atoms with Gasteiger partial charge in [-0.1, -0.05) is 17.7 Å². The van der Waals surface area contributed by atoms with Crippen LogP contribution < -0.4 is 10.6 Å². The van der Waals surface area contributed by atoms with E-state index in [0.29, 0.717) is 18.0 Å². The molecule has 118 valence electrons. The quantitative estimate of drug-likeness (QED) is 0.757. The Kier molecular flexibility index (Phi) is 6.18. The standard InChI is InChI=1S/C15H18ClN3O2S/c1-10(7-13(20)14-3-2-6-22-14)19-15(21)18-9-12-5-4-11(16)8-17-12/h2-6,8,10,13,20H,7,9H2,1H3,(H2,18,19,21). The number of carbonyl (C=O) groups is 1. The van der Waals surface area contributed by atoms with Crippen LogP contribution in [0.1, 0.15) is 30.0 Å². The summed E-state index contributed by atoms with van der Waals surface area (Å²) in [6.45, 7) is 2.18. The summed E-state index contributed by atoms with van der Waals surface area (Å²) < 4.78 is 0. The van der Waals surface area contributed by atoms with Crippen molar-refractivity contribution in [3.05, 3.63) is 51.4 Å². The number of nitrogens with one attached hydrogen (secondary N) is 2. The third kappa shape index (κ3) is 5.29. The van der Waals surface area contributed by atoms with Gasteiger partial charge in [-0.15, -0.1) is 11.3 Å². The lowest BCUT2D eigenvalue weighted by Crippen LogP contribution is -2.41. The first kappa shape index (κ1) is 16.7. The fraction of sp³-hybridized carbons (Fsp3) is 0.333. The van der Waals surface area contributed by atoms with Crippen LogP contribution in [0, 0.1) is 0 Å². The van der Waals surface area contributed by atoms with Gasteiger partial charge in [0.2, 0.25) is 0 Å². The van der Waals surface area contributed by atoms with E-state index in [1.165, 1.54) is 17.5 Å². The van der Waals surface area contributed by atoms with Crippen molar-refractivity contribution in [1.82, 2.24) is 15.6 Å². The van der Waals surface area contributed by atoms with Crippen LogP contribution in [-0.2, 0) is 6.54 Å². The first-order valence-electron chi connectivity index (χ1n) is 6.91. The van der Waals surface area contributed by atoms with Crippen LogP contribution in [0.15, 0.2) is 35.8 Å². The smallest absolute Gasteiger partial charge is 0.315 e. The minimum absolute atomic E-state index is 0.143. The van der Waals surface area contributed by atoms with Crippen LogP contribution in [0.2, 0.25) is 5.02 Å². The van der Waals surface area contributed by atoms with Gasteiger partial charge in [-0.25, -0.2) is 4.79 Å². The highest BCUT2D eigenvalue weighted by Crippen LogP contribution is 2.22. The molecule has 0 aliphatic rings. The maximum atomic E-state index is 11.8. The predicted octanol–water partition coefficient (Wildman–Crippen LogP) is 3.11. The Morgan fingerprint density at radius 3 is 2.91 bits per heavy atom. The predicted molar refractivity (Wildman–Crippen MR) is 88.0 cm³/mol. The monoisotopic (exact) mass is 339 g/mol.